The van der Waals surface area contributed by atoms with E-state index >= 15 is 0 Å². The zero-order chi connectivity index (χ0) is 11.4. The van der Waals surface area contributed by atoms with E-state index in [1.54, 1.807) is 11.3 Å². The summed E-state index contributed by atoms with van der Waals surface area (Å²) in [6.07, 6.45) is 1.78. The molecule has 16 heavy (non-hydrogen) atoms. The minimum absolute atomic E-state index is 0.144. The fraction of sp³-hybridized carbons (Fsp3) is 0.667. The SMILES string of the molecule is CC1SCCSC1C(O)CCc1cccs1. The summed E-state index contributed by atoms with van der Waals surface area (Å²) in [5.74, 6) is 2.43. The van der Waals surface area contributed by atoms with Crippen LogP contribution in [0.3, 0.4) is 0 Å². The van der Waals surface area contributed by atoms with Gasteiger partial charge in [0.1, 0.15) is 0 Å². The number of hydrogen-bond acceptors (Lipinski definition) is 4. The molecule has 0 aromatic carbocycles. The van der Waals surface area contributed by atoms with Crippen molar-refractivity contribution in [1.82, 2.24) is 0 Å². The van der Waals surface area contributed by atoms with Crippen LogP contribution in [0, 0.1) is 0 Å². The highest BCUT2D eigenvalue weighted by molar-refractivity contribution is 8.07. The Kier molecular flexibility index (Phi) is 5.07. The number of aliphatic hydroxyl groups excluding tert-OH is 1. The second kappa shape index (κ2) is 6.34. The number of thiophene rings is 1. The summed E-state index contributed by atoms with van der Waals surface area (Å²) in [5.41, 5.74) is 0. The predicted octanol–water partition coefficient (Wildman–Crippen LogP) is 3.28. The van der Waals surface area contributed by atoms with Crippen LogP contribution in [0.25, 0.3) is 0 Å². The van der Waals surface area contributed by atoms with Gasteiger partial charge in [-0.25, -0.2) is 0 Å². The lowest BCUT2D eigenvalue weighted by molar-refractivity contribution is 0.161. The van der Waals surface area contributed by atoms with Gasteiger partial charge in [0.2, 0.25) is 0 Å². The first kappa shape index (κ1) is 12.8. The lowest BCUT2D eigenvalue weighted by Crippen LogP contribution is -2.34. The van der Waals surface area contributed by atoms with Crippen molar-refractivity contribution in [2.24, 2.45) is 0 Å². The predicted molar refractivity (Wildman–Crippen MR) is 76.8 cm³/mol. The number of rotatable bonds is 4. The first-order chi connectivity index (χ1) is 7.77. The van der Waals surface area contributed by atoms with Crippen LogP contribution in [0.2, 0.25) is 0 Å². The maximum atomic E-state index is 10.2. The van der Waals surface area contributed by atoms with Gasteiger partial charge in [0.05, 0.1) is 6.10 Å². The molecule has 1 aliphatic heterocycles. The molecule has 0 radical (unpaired) electrons. The van der Waals surface area contributed by atoms with Gasteiger partial charge in [0.15, 0.2) is 0 Å². The minimum Gasteiger partial charge on any atom is -0.392 e. The molecule has 0 bridgehead atoms. The molecule has 1 saturated heterocycles. The molecule has 0 amide bonds. The van der Waals surface area contributed by atoms with E-state index in [9.17, 15) is 5.11 Å². The van der Waals surface area contributed by atoms with Gasteiger partial charge in [-0.15, -0.1) is 11.3 Å². The van der Waals surface area contributed by atoms with Crippen molar-refractivity contribution in [3.05, 3.63) is 22.4 Å². The second-order valence-electron chi connectivity index (χ2n) is 4.10. The van der Waals surface area contributed by atoms with Crippen LogP contribution in [0.1, 0.15) is 18.2 Å². The highest BCUT2D eigenvalue weighted by Crippen LogP contribution is 2.34. The summed E-state index contributed by atoms with van der Waals surface area (Å²) in [6.45, 7) is 2.25. The van der Waals surface area contributed by atoms with Gasteiger partial charge in [-0.05, 0) is 24.3 Å². The van der Waals surface area contributed by atoms with Crippen LogP contribution in [-0.2, 0) is 6.42 Å². The molecule has 4 heteroatoms. The number of thioether (sulfide) groups is 2. The van der Waals surface area contributed by atoms with E-state index in [1.165, 1.54) is 16.4 Å². The average molecular weight is 274 g/mol. The van der Waals surface area contributed by atoms with Crippen LogP contribution >= 0.6 is 34.9 Å². The minimum atomic E-state index is -0.144. The van der Waals surface area contributed by atoms with Gasteiger partial charge in [0, 0.05) is 26.9 Å². The molecule has 3 atom stereocenters. The van der Waals surface area contributed by atoms with Crippen LogP contribution in [0.5, 0.6) is 0 Å². The van der Waals surface area contributed by atoms with E-state index in [-0.39, 0.29) is 6.10 Å². The third-order valence-corrected chi connectivity index (χ3v) is 7.06. The van der Waals surface area contributed by atoms with Gasteiger partial charge in [0.25, 0.3) is 0 Å². The summed E-state index contributed by atoms with van der Waals surface area (Å²) in [5, 5.41) is 13.3. The van der Waals surface area contributed by atoms with Crippen LogP contribution in [-0.4, -0.2) is 33.2 Å². The van der Waals surface area contributed by atoms with Crippen molar-refractivity contribution in [2.75, 3.05) is 11.5 Å². The number of aryl methyl sites for hydroxylation is 1. The summed E-state index contributed by atoms with van der Waals surface area (Å²) < 4.78 is 0. The maximum Gasteiger partial charge on any atom is 0.0672 e. The third-order valence-electron chi connectivity index (χ3n) is 2.88. The van der Waals surface area contributed by atoms with Crippen molar-refractivity contribution >= 4 is 34.9 Å². The Hall–Kier alpha value is 0.360. The molecule has 1 aliphatic rings. The monoisotopic (exact) mass is 274 g/mol. The molecule has 1 aromatic rings. The normalized spacial score (nSPS) is 27.9. The standard InChI is InChI=1S/C12H18OS3/c1-9-12(16-8-7-14-9)11(13)5-4-10-3-2-6-15-10/h2-3,6,9,11-13H,4-5,7-8H2,1H3. The highest BCUT2D eigenvalue weighted by atomic mass is 32.2. The summed E-state index contributed by atoms with van der Waals surface area (Å²) >= 11 is 5.74. The number of aliphatic hydroxyl groups is 1. The van der Waals surface area contributed by atoms with Crippen molar-refractivity contribution in [3.63, 3.8) is 0 Å². The Morgan fingerprint density at radius 1 is 1.44 bits per heavy atom. The van der Waals surface area contributed by atoms with Gasteiger partial charge in [-0.2, -0.15) is 23.5 Å². The lowest BCUT2D eigenvalue weighted by Gasteiger charge is -2.31. The summed E-state index contributed by atoms with van der Waals surface area (Å²) in [7, 11) is 0. The molecule has 0 spiro atoms. The molecule has 3 unspecified atom stereocenters. The topological polar surface area (TPSA) is 20.2 Å². The summed E-state index contributed by atoms with van der Waals surface area (Å²) in [6, 6.07) is 4.24. The average Bonchev–Trinajstić information content (AvgIpc) is 2.79. The van der Waals surface area contributed by atoms with E-state index in [0.29, 0.717) is 10.5 Å². The van der Waals surface area contributed by atoms with E-state index in [4.69, 9.17) is 0 Å². The van der Waals surface area contributed by atoms with Gasteiger partial charge >= 0.3 is 0 Å². The molecule has 90 valence electrons. The van der Waals surface area contributed by atoms with Crippen LogP contribution in [0.4, 0.5) is 0 Å². The molecule has 1 aromatic heterocycles. The van der Waals surface area contributed by atoms with E-state index in [0.717, 1.165) is 12.8 Å². The van der Waals surface area contributed by atoms with Crippen LogP contribution in [0.15, 0.2) is 17.5 Å². The first-order valence-corrected chi connectivity index (χ1v) is 8.69. The van der Waals surface area contributed by atoms with Crippen molar-refractivity contribution in [2.45, 2.75) is 36.4 Å². The maximum absolute atomic E-state index is 10.2. The molecule has 1 nitrogen and oxygen atoms in total. The fourth-order valence-electron chi connectivity index (χ4n) is 1.98. The van der Waals surface area contributed by atoms with Gasteiger partial charge in [-0.1, -0.05) is 13.0 Å². The van der Waals surface area contributed by atoms with Gasteiger partial charge < -0.3 is 5.11 Å². The molecule has 0 aliphatic carbocycles. The number of hydrogen-bond donors (Lipinski definition) is 1. The molecule has 2 heterocycles. The lowest BCUT2D eigenvalue weighted by atomic mass is 10.1. The van der Waals surface area contributed by atoms with Crippen molar-refractivity contribution < 1.29 is 5.11 Å². The third kappa shape index (κ3) is 3.42. The Morgan fingerprint density at radius 2 is 2.25 bits per heavy atom. The van der Waals surface area contributed by atoms with E-state index < -0.39 is 0 Å². The van der Waals surface area contributed by atoms with Crippen LogP contribution < -0.4 is 0 Å². The fourth-order valence-corrected chi connectivity index (χ4v) is 5.59. The molecule has 0 saturated carbocycles. The van der Waals surface area contributed by atoms with Crippen molar-refractivity contribution in [1.29, 1.82) is 0 Å². The van der Waals surface area contributed by atoms with Crippen molar-refractivity contribution in [3.8, 4) is 0 Å². The highest BCUT2D eigenvalue weighted by Gasteiger charge is 2.28. The Labute approximate surface area is 110 Å². The summed E-state index contributed by atoms with van der Waals surface area (Å²) in [4.78, 5) is 1.39. The van der Waals surface area contributed by atoms with E-state index in [1.807, 2.05) is 23.5 Å². The smallest absolute Gasteiger partial charge is 0.0672 e. The Morgan fingerprint density at radius 3 is 2.94 bits per heavy atom. The quantitative estimate of drug-likeness (QED) is 0.910. The second-order valence-corrected chi connectivity index (χ2v) is 7.90. The molecular weight excluding hydrogens is 256 g/mol. The molecule has 1 N–H and O–H groups in total. The Bertz CT molecular complexity index is 299. The first-order valence-electron chi connectivity index (χ1n) is 5.71. The molecular formula is C12H18OS3. The Balaban J connectivity index is 1.80. The zero-order valence-electron chi connectivity index (χ0n) is 9.46. The van der Waals surface area contributed by atoms with Gasteiger partial charge in [-0.3, -0.25) is 0 Å². The molecule has 2 rings (SSSR count). The largest absolute Gasteiger partial charge is 0.392 e. The zero-order valence-corrected chi connectivity index (χ0v) is 11.9. The van der Waals surface area contributed by atoms with E-state index in [2.05, 4.69) is 24.4 Å². The molecule has 1 fully saturated rings.